The van der Waals surface area contributed by atoms with Crippen molar-refractivity contribution in [2.45, 2.75) is 6.92 Å². The van der Waals surface area contributed by atoms with E-state index in [1.807, 2.05) is 25.1 Å². The van der Waals surface area contributed by atoms with Gasteiger partial charge in [0, 0.05) is 17.2 Å². The number of hydrogen-bond acceptors (Lipinski definition) is 4. The summed E-state index contributed by atoms with van der Waals surface area (Å²) in [5.41, 5.74) is 2.04. The van der Waals surface area contributed by atoms with Crippen molar-refractivity contribution >= 4 is 33.4 Å². The number of ether oxygens (including phenoxy) is 2. The third kappa shape index (κ3) is 3.99. The van der Waals surface area contributed by atoms with E-state index in [1.54, 1.807) is 25.2 Å². The Morgan fingerprint density at radius 1 is 1.19 bits per heavy atom. The molecule has 0 aliphatic carbocycles. The third-order valence-corrected chi connectivity index (χ3v) is 4.48. The van der Waals surface area contributed by atoms with Crippen LogP contribution in [0.15, 0.2) is 40.9 Å². The average Bonchev–Trinajstić information content (AvgIpc) is 2.63. The summed E-state index contributed by atoms with van der Waals surface area (Å²) in [6.45, 7) is 2.68. The first-order chi connectivity index (χ1) is 12.5. The van der Waals surface area contributed by atoms with Crippen LogP contribution in [-0.4, -0.2) is 43.5 Å². The second kappa shape index (κ2) is 7.78. The number of anilines is 1. The van der Waals surface area contributed by atoms with Crippen LogP contribution in [0.1, 0.15) is 15.9 Å². The van der Waals surface area contributed by atoms with Gasteiger partial charge >= 0.3 is 0 Å². The van der Waals surface area contributed by atoms with Crippen LogP contribution in [-0.2, 0) is 4.79 Å². The molecule has 136 valence electrons. The van der Waals surface area contributed by atoms with E-state index in [0.717, 1.165) is 10.0 Å². The van der Waals surface area contributed by atoms with Gasteiger partial charge in [-0.1, -0.05) is 22.0 Å². The van der Waals surface area contributed by atoms with Crippen LogP contribution in [0.2, 0.25) is 0 Å². The number of nitrogens with one attached hydrogen (secondary N) is 1. The highest BCUT2D eigenvalue weighted by molar-refractivity contribution is 9.10. The van der Waals surface area contributed by atoms with Gasteiger partial charge in [0.05, 0.1) is 12.1 Å². The number of nitrogens with zero attached hydrogens (tertiary/aromatic N) is 1. The van der Waals surface area contributed by atoms with Crippen LogP contribution in [0.25, 0.3) is 0 Å². The lowest BCUT2D eigenvalue weighted by Crippen LogP contribution is -2.35. The van der Waals surface area contributed by atoms with E-state index in [0.29, 0.717) is 36.0 Å². The van der Waals surface area contributed by atoms with Gasteiger partial charge < -0.3 is 19.7 Å². The van der Waals surface area contributed by atoms with Crippen molar-refractivity contribution in [3.63, 3.8) is 0 Å². The van der Waals surface area contributed by atoms with Gasteiger partial charge in [0.2, 0.25) is 5.91 Å². The van der Waals surface area contributed by atoms with Gasteiger partial charge in [0.1, 0.15) is 13.2 Å². The lowest BCUT2D eigenvalue weighted by molar-refractivity contribution is -0.116. The van der Waals surface area contributed by atoms with E-state index in [2.05, 4.69) is 21.2 Å². The molecule has 0 atom stereocenters. The maximum Gasteiger partial charge on any atom is 0.257 e. The summed E-state index contributed by atoms with van der Waals surface area (Å²) >= 11 is 3.39. The number of rotatable bonds is 4. The van der Waals surface area contributed by atoms with Gasteiger partial charge in [-0.05, 0) is 42.8 Å². The summed E-state index contributed by atoms with van der Waals surface area (Å²) < 4.78 is 12.0. The fraction of sp³-hybridized carbons (Fsp3) is 0.263. The molecule has 0 aromatic heterocycles. The summed E-state index contributed by atoms with van der Waals surface area (Å²) in [5, 5.41) is 2.83. The summed E-state index contributed by atoms with van der Waals surface area (Å²) in [4.78, 5) is 26.4. The number of halogens is 1. The van der Waals surface area contributed by atoms with E-state index in [1.165, 1.54) is 4.90 Å². The molecular weight excluding hydrogens is 400 g/mol. The zero-order chi connectivity index (χ0) is 18.7. The summed E-state index contributed by atoms with van der Waals surface area (Å²) in [7, 11) is 1.58. The molecule has 0 bridgehead atoms. The van der Waals surface area contributed by atoms with E-state index < -0.39 is 0 Å². The van der Waals surface area contributed by atoms with Crippen LogP contribution < -0.4 is 14.8 Å². The lowest BCUT2D eigenvalue weighted by Gasteiger charge is -2.23. The van der Waals surface area contributed by atoms with Gasteiger partial charge in [-0.3, -0.25) is 9.59 Å². The Balaban J connectivity index is 1.68. The van der Waals surface area contributed by atoms with Crippen LogP contribution in [0.5, 0.6) is 11.5 Å². The van der Waals surface area contributed by atoms with Crippen molar-refractivity contribution in [3.05, 3.63) is 52.0 Å². The van der Waals surface area contributed by atoms with Gasteiger partial charge in [-0.2, -0.15) is 0 Å². The normalized spacial score (nSPS) is 12.4. The van der Waals surface area contributed by atoms with E-state index >= 15 is 0 Å². The number of para-hydroxylation sites is 1. The summed E-state index contributed by atoms with van der Waals surface area (Å²) in [5.74, 6) is 0.411. The Labute approximate surface area is 160 Å². The van der Waals surface area contributed by atoms with E-state index in [9.17, 15) is 9.59 Å². The SMILES string of the molecule is Cc1cc(Br)ccc1NC(=O)CN(C)C(=O)c1cccc2c1OCCO2. The molecule has 1 aliphatic rings. The minimum Gasteiger partial charge on any atom is -0.486 e. The predicted octanol–water partition coefficient (Wildman–Crippen LogP) is 3.24. The van der Waals surface area contributed by atoms with Gasteiger partial charge in [0.15, 0.2) is 11.5 Å². The molecule has 6 nitrogen and oxygen atoms in total. The molecule has 0 unspecified atom stereocenters. The topological polar surface area (TPSA) is 67.9 Å². The second-order valence-electron chi connectivity index (χ2n) is 6.00. The zero-order valence-corrected chi connectivity index (χ0v) is 16.1. The predicted molar refractivity (Wildman–Crippen MR) is 102 cm³/mol. The van der Waals surface area contributed by atoms with Crippen molar-refractivity contribution in [1.29, 1.82) is 0 Å². The maximum atomic E-state index is 12.7. The standard InChI is InChI=1S/C19H19BrN2O4/c1-12-10-13(20)6-7-15(12)21-17(23)11-22(2)19(24)14-4-3-5-16-18(14)26-9-8-25-16/h3-7,10H,8-9,11H2,1-2H3,(H,21,23). The number of aryl methyl sites for hydroxylation is 1. The zero-order valence-electron chi connectivity index (χ0n) is 14.5. The molecule has 2 aromatic rings. The summed E-state index contributed by atoms with van der Waals surface area (Å²) in [6.07, 6.45) is 0. The monoisotopic (exact) mass is 418 g/mol. The number of hydrogen-bond donors (Lipinski definition) is 1. The fourth-order valence-electron chi connectivity index (χ4n) is 2.69. The Morgan fingerprint density at radius 3 is 2.73 bits per heavy atom. The van der Waals surface area contributed by atoms with E-state index in [-0.39, 0.29) is 18.4 Å². The molecule has 0 saturated heterocycles. The Bertz CT molecular complexity index is 853. The number of carbonyl (C=O) groups excluding carboxylic acids is 2. The molecule has 0 radical (unpaired) electrons. The third-order valence-electron chi connectivity index (χ3n) is 3.99. The fourth-order valence-corrected chi connectivity index (χ4v) is 3.17. The van der Waals surface area contributed by atoms with Gasteiger partial charge in [0.25, 0.3) is 5.91 Å². The highest BCUT2D eigenvalue weighted by atomic mass is 79.9. The van der Waals surface area contributed by atoms with Crippen molar-refractivity contribution in [2.24, 2.45) is 0 Å². The lowest BCUT2D eigenvalue weighted by atomic mass is 10.1. The minimum atomic E-state index is -0.296. The van der Waals surface area contributed by atoms with Crippen LogP contribution in [0.3, 0.4) is 0 Å². The second-order valence-corrected chi connectivity index (χ2v) is 6.91. The molecule has 1 heterocycles. The minimum absolute atomic E-state index is 0.0706. The number of amides is 2. The smallest absolute Gasteiger partial charge is 0.257 e. The highest BCUT2D eigenvalue weighted by Crippen LogP contribution is 2.34. The average molecular weight is 419 g/mol. The molecule has 0 saturated carbocycles. The van der Waals surface area contributed by atoms with Gasteiger partial charge in [-0.25, -0.2) is 0 Å². The first kappa shape index (κ1) is 18.3. The molecule has 0 spiro atoms. The van der Waals surface area contributed by atoms with Crippen molar-refractivity contribution in [3.8, 4) is 11.5 Å². The van der Waals surface area contributed by atoms with Crippen LogP contribution in [0, 0.1) is 6.92 Å². The number of fused-ring (bicyclic) bond motifs is 1. The van der Waals surface area contributed by atoms with E-state index in [4.69, 9.17) is 9.47 Å². The maximum absolute atomic E-state index is 12.7. The number of likely N-dealkylation sites (N-methyl/N-ethyl adjacent to an activating group) is 1. The first-order valence-electron chi connectivity index (χ1n) is 8.16. The molecule has 2 amide bonds. The van der Waals surface area contributed by atoms with Crippen LogP contribution >= 0.6 is 15.9 Å². The molecule has 2 aromatic carbocycles. The quantitative estimate of drug-likeness (QED) is 0.827. The molecule has 3 rings (SSSR count). The van der Waals surface area contributed by atoms with Gasteiger partial charge in [-0.15, -0.1) is 0 Å². The summed E-state index contributed by atoms with van der Waals surface area (Å²) in [6, 6.07) is 10.7. The molecule has 0 fully saturated rings. The number of carbonyl (C=O) groups is 2. The Morgan fingerprint density at radius 2 is 1.96 bits per heavy atom. The van der Waals surface area contributed by atoms with Crippen molar-refractivity contribution < 1.29 is 19.1 Å². The van der Waals surface area contributed by atoms with Crippen LogP contribution in [0.4, 0.5) is 5.69 Å². The molecule has 1 aliphatic heterocycles. The largest absolute Gasteiger partial charge is 0.486 e. The molecule has 26 heavy (non-hydrogen) atoms. The Kier molecular flexibility index (Phi) is 5.46. The molecule has 1 N–H and O–H groups in total. The van der Waals surface area contributed by atoms with Crippen molar-refractivity contribution in [2.75, 3.05) is 32.1 Å². The Hall–Kier alpha value is -2.54. The highest BCUT2D eigenvalue weighted by Gasteiger charge is 2.23. The van der Waals surface area contributed by atoms with Crippen molar-refractivity contribution in [1.82, 2.24) is 4.90 Å². The number of benzene rings is 2. The molecular formula is C19H19BrN2O4. The molecule has 7 heteroatoms. The first-order valence-corrected chi connectivity index (χ1v) is 8.95.